The topological polar surface area (TPSA) is 58.5 Å². The molecule has 2 N–H and O–H groups in total. The molecular weight excluding hydrogens is 330 g/mol. The number of H-pyrrole nitrogens is 1. The summed E-state index contributed by atoms with van der Waals surface area (Å²) in [6.45, 7) is 4.73. The van der Waals surface area contributed by atoms with E-state index in [2.05, 4.69) is 67.5 Å². The average molecular weight is 346 g/mol. The molecular formula is C15H16BrN5. The van der Waals surface area contributed by atoms with Crippen molar-refractivity contribution in [3.8, 4) is 5.69 Å². The molecule has 0 aliphatic carbocycles. The number of aromatic nitrogens is 4. The molecule has 0 fully saturated rings. The minimum absolute atomic E-state index is 0.607. The second-order valence-electron chi connectivity index (χ2n) is 4.95. The second-order valence-corrected chi connectivity index (χ2v) is 5.80. The molecule has 2 aromatic heterocycles. The van der Waals surface area contributed by atoms with Gasteiger partial charge in [-0.3, -0.25) is 0 Å². The first-order chi connectivity index (χ1) is 10.1. The number of rotatable bonds is 4. The van der Waals surface area contributed by atoms with E-state index >= 15 is 0 Å². The van der Waals surface area contributed by atoms with E-state index in [1.165, 1.54) is 5.56 Å². The fourth-order valence-corrected chi connectivity index (χ4v) is 2.44. The summed E-state index contributed by atoms with van der Waals surface area (Å²) < 4.78 is 2.81. The molecule has 3 rings (SSSR count). The van der Waals surface area contributed by atoms with E-state index in [0.29, 0.717) is 6.54 Å². The maximum absolute atomic E-state index is 4.58. The van der Waals surface area contributed by atoms with E-state index < -0.39 is 0 Å². The van der Waals surface area contributed by atoms with Crippen LogP contribution in [0.2, 0.25) is 0 Å². The summed E-state index contributed by atoms with van der Waals surface area (Å²) in [5, 5.41) is 7.85. The third kappa shape index (κ3) is 3.16. The molecule has 1 aromatic carbocycles. The Bertz CT molecular complexity index is 742. The van der Waals surface area contributed by atoms with E-state index in [1.807, 2.05) is 17.7 Å². The van der Waals surface area contributed by atoms with Gasteiger partial charge in [-0.15, -0.1) is 0 Å². The van der Waals surface area contributed by atoms with Gasteiger partial charge in [-0.2, -0.15) is 5.10 Å². The number of halogens is 1. The fraction of sp³-hybridized carbons (Fsp3) is 0.200. The molecule has 0 aliphatic rings. The van der Waals surface area contributed by atoms with Crippen molar-refractivity contribution < 1.29 is 0 Å². The van der Waals surface area contributed by atoms with Gasteiger partial charge in [-0.1, -0.05) is 17.7 Å². The molecule has 108 valence electrons. The normalized spacial score (nSPS) is 10.8. The van der Waals surface area contributed by atoms with Crippen LogP contribution in [0.25, 0.3) is 5.69 Å². The van der Waals surface area contributed by atoms with E-state index in [4.69, 9.17) is 0 Å². The summed E-state index contributed by atoms with van der Waals surface area (Å²) in [7, 11) is 0. The lowest BCUT2D eigenvalue weighted by Gasteiger charge is -2.04. The molecule has 0 aliphatic heterocycles. The third-order valence-corrected chi connectivity index (χ3v) is 3.60. The van der Waals surface area contributed by atoms with Crippen molar-refractivity contribution in [1.29, 1.82) is 0 Å². The highest BCUT2D eigenvalue weighted by Gasteiger charge is 2.06. The van der Waals surface area contributed by atoms with Gasteiger partial charge in [-0.05, 0) is 41.9 Å². The Kier molecular flexibility index (Phi) is 3.79. The zero-order chi connectivity index (χ0) is 14.8. The molecule has 3 aromatic rings. The Hall–Kier alpha value is -2.08. The number of aromatic amines is 1. The van der Waals surface area contributed by atoms with Crippen LogP contribution in [-0.2, 0) is 6.54 Å². The first kappa shape index (κ1) is 13.9. The number of aryl methyl sites for hydroxylation is 2. The summed E-state index contributed by atoms with van der Waals surface area (Å²) in [6.07, 6.45) is 1.74. The van der Waals surface area contributed by atoms with Crippen LogP contribution in [0.15, 0.2) is 41.1 Å². The highest BCUT2D eigenvalue weighted by molar-refractivity contribution is 9.10. The number of nitrogens with zero attached hydrogens (tertiary/aromatic N) is 3. The highest BCUT2D eigenvalue weighted by atomic mass is 79.9. The largest absolute Gasteiger partial charge is 0.361 e. The minimum Gasteiger partial charge on any atom is -0.361 e. The Morgan fingerprint density at radius 1 is 1.24 bits per heavy atom. The average Bonchev–Trinajstić information content (AvgIpc) is 3.04. The number of benzene rings is 1. The van der Waals surface area contributed by atoms with Crippen LogP contribution in [0.5, 0.6) is 0 Å². The summed E-state index contributed by atoms with van der Waals surface area (Å²) in [5.74, 6) is 1.70. The first-order valence-corrected chi connectivity index (χ1v) is 7.48. The van der Waals surface area contributed by atoms with Crippen LogP contribution in [-0.4, -0.2) is 19.7 Å². The van der Waals surface area contributed by atoms with Crippen molar-refractivity contribution >= 4 is 21.7 Å². The molecule has 6 heteroatoms. The van der Waals surface area contributed by atoms with Gasteiger partial charge in [0.15, 0.2) is 0 Å². The quantitative estimate of drug-likeness (QED) is 0.759. The first-order valence-electron chi connectivity index (χ1n) is 6.69. The van der Waals surface area contributed by atoms with Crippen molar-refractivity contribution in [1.82, 2.24) is 19.7 Å². The predicted molar refractivity (Wildman–Crippen MR) is 86.7 cm³/mol. The maximum Gasteiger partial charge on any atom is 0.149 e. The lowest BCUT2D eigenvalue weighted by Crippen LogP contribution is -2.03. The van der Waals surface area contributed by atoms with Crippen LogP contribution in [0, 0.1) is 13.8 Å². The molecule has 2 heterocycles. The van der Waals surface area contributed by atoms with Crippen molar-refractivity contribution in [3.63, 3.8) is 0 Å². The Morgan fingerprint density at radius 3 is 2.67 bits per heavy atom. The lowest BCUT2D eigenvalue weighted by atomic mass is 10.2. The Morgan fingerprint density at radius 2 is 2.00 bits per heavy atom. The molecule has 0 amide bonds. The van der Waals surface area contributed by atoms with Crippen LogP contribution in [0.3, 0.4) is 0 Å². The number of hydrogen-bond donors (Lipinski definition) is 2. The van der Waals surface area contributed by atoms with Crippen molar-refractivity contribution in [2.24, 2.45) is 0 Å². The molecule has 0 saturated carbocycles. The summed E-state index contributed by atoms with van der Waals surface area (Å²) in [4.78, 5) is 7.34. The predicted octanol–water partition coefficient (Wildman–Crippen LogP) is 3.59. The summed E-state index contributed by atoms with van der Waals surface area (Å²) >= 11 is 3.34. The Labute approximate surface area is 131 Å². The van der Waals surface area contributed by atoms with Gasteiger partial charge in [0.25, 0.3) is 0 Å². The maximum atomic E-state index is 4.58. The van der Waals surface area contributed by atoms with Gasteiger partial charge >= 0.3 is 0 Å². The van der Waals surface area contributed by atoms with E-state index in [1.54, 1.807) is 6.20 Å². The molecule has 21 heavy (non-hydrogen) atoms. The van der Waals surface area contributed by atoms with Crippen molar-refractivity contribution in [2.45, 2.75) is 20.4 Å². The van der Waals surface area contributed by atoms with Crippen LogP contribution >= 0.6 is 15.9 Å². The van der Waals surface area contributed by atoms with Crippen molar-refractivity contribution in [2.75, 3.05) is 5.32 Å². The van der Waals surface area contributed by atoms with Gasteiger partial charge in [0, 0.05) is 11.8 Å². The van der Waals surface area contributed by atoms with E-state index in [-0.39, 0.29) is 0 Å². The SMILES string of the molecule is Cc1ccc(-n2nc(NCc3ncc(Br)[nH]3)cc2C)cc1. The summed E-state index contributed by atoms with van der Waals surface area (Å²) in [5.41, 5.74) is 3.39. The number of nitrogens with one attached hydrogen (secondary N) is 2. The molecule has 0 unspecified atom stereocenters. The monoisotopic (exact) mass is 345 g/mol. The van der Waals surface area contributed by atoms with Crippen LogP contribution in [0.1, 0.15) is 17.1 Å². The van der Waals surface area contributed by atoms with Gasteiger partial charge in [0.2, 0.25) is 0 Å². The summed E-state index contributed by atoms with van der Waals surface area (Å²) in [6, 6.07) is 10.3. The van der Waals surface area contributed by atoms with Crippen LogP contribution < -0.4 is 5.32 Å². The van der Waals surface area contributed by atoms with Crippen molar-refractivity contribution in [3.05, 3.63) is 58.2 Å². The molecule has 0 saturated heterocycles. The molecule has 0 bridgehead atoms. The third-order valence-electron chi connectivity index (χ3n) is 3.20. The Balaban J connectivity index is 1.76. The van der Waals surface area contributed by atoms with E-state index in [9.17, 15) is 0 Å². The number of anilines is 1. The van der Waals surface area contributed by atoms with Gasteiger partial charge in [0.05, 0.1) is 18.4 Å². The van der Waals surface area contributed by atoms with Crippen LogP contribution in [0.4, 0.5) is 5.82 Å². The fourth-order valence-electron chi connectivity index (χ4n) is 2.11. The van der Waals surface area contributed by atoms with Gasteiger partial charge in [0.1, 0.15) is 16.2 Å². The smallest absolute Gasteiger partial charge is 0.149 e. The molecule has 5 nitrogen and oxygen atoms in total. The van der Waals surface area contributed by atoms with Gasteiger partial charge < -0.3 is 10.3 Å². The van der Waals surface area contributed by atoms with Gasteiger partial charge in [-0.25, -0.2) is 9.67 Å². The zero-order valence-corrected chi connectivity index (χ0v) is 13.5. The highest BCUT2D eigenvalue weighted by Crippen LogP contribution is 2.16. The van der Waals surface area contributed by atoms with E-state index in [0.717, 1.165) is 27.6 Å². The molecule has 0 spiro atoms. The number of hydrogen-bond acceptors (Lipinski definition) is 3. The number of imidazole rings is 1. The standard InChI is InChI=1S/C15H16BrN5/c1-10-3-5-12(6-4-10)21-11(2)7-14(20-21)18-9-15-17-8-13(16)19-15/h3-8H,9H2,1-2H3,(H,17,19)(H,18,20). The zero-order valence-electron chi connectivity index (χ0n) is 11.9. The second kappa shape index (κ2) is 5.73. The minimum atomic E-state index is 0.607. The molecule has 0 atom stereocenters. The lowest BCUT2D eigenvalue weighted by molar-refractivity contribution is 0.843. The molecule has 0 radical (unpaired) electrons.